The minimum atomic E-state index is -1.51. The first kappa shape index (κ1) is 21.7. The first-order valence-corrected chi connectivity index (χ1v) is 10.6. The van der Waals surface area contributed by atoms with Gasteiger partial charge in [0.15, 0.2) is 6.23 Å². The predicted molar refractivity (Wildman–Crippen MR) is 113 cm³/mol. The molecular weight excluding hydrogens is 453 g/mol. The third kappa shape index (κ3) is 3.90. The third-order valence-corrected chi connectivity index (χ3v) is 6.57. The van der Waals surface area contributed by atoms with Gasteiger partial charge in [-0.2, -0.15) is 0 Å². The highest BCUT2D eigenvalue weighted by Crippen LogP contribution is 2.43. The number of aliphatic hydroxyl groups is 4. The van der Waals surface area contributed by atoms with Crippen LogP contribution in [-0.2, 0) is 4.74 Å². The molecule has 2 heterocycles. The van der Waals surface area contributed by atoms with Crippen molar-refractivity contribution in [3.63, 3.8) is 0 Å². The SMILES string of the molecule is OC[C@H]1O[C@@H](n2cc(Sc3ccc(O)cc3)c3c(Cl)cc(Cl)cc32)[C@H](O)[C@@H](O)[C@@H]1O. The van der Waals surface area contributed by atoms with Gasteiger partial charge in [-0.15, -0.1) is 0 Å². The molecule has 7 nitrogen and oxygen atoms in total. The number of nitrogens with zero attached hydrogens (tertiary/aromatic N) is 1. The minimum Gasteiger partial charge on any atom is -0.508 e. The molecule has 5 N–H and O–H groups in total. The Bertz CT molecular complexity index is 1060. The van der Waals surface area contributed by atoms with Crippen LogP contribution in [0.5, 0.6) is 5.75 Å². The van der Waals surface area contributed by atoms with Crippen molar-refractivity contribution in [2.75, 3.05) is 6.61 Å². The number of rotatable bonds is 4. The molecular formula is C20H19Cl2NO6S. The van der Waals surface area contributed by atoms with Crippen molar-refractivity contribution in [2.24, 2.45) is 0 Å². The maximum Gasteiger partial charge on any atom is 0.163 e. The van der Waals surface area contributed by atoms with Crippen molar-refractivity contribution >= 4 is 45.9 Å². The van der Waals surface area contributed by atoms with Gasteiger partial charge in [-0.3, -0.25) is 0 Å². The summed E-state index contributed by atoms with van der Waals surface area (Å²) in [5.41, 5.74) is 0.554. The van der Waals surface area contributed by atoms with E-state index < -0.39 is 37.3 Å². The summed E-state index contributed by atoms with van der Waals surface area (Å²) in [6.07, 6.45) is -4.86. The fourth-order valence-corrected chi connectivity index (χ4v) is 5.16. The van der Waals surface area contributed by atoms with E-state index in [0.29, 0.717) is 20.9 Å². The third-order valence-electron chi connectivity index (χ3n) is 5.02. The normalized spacial score (nSPS) is 26.9. The van der Waals surface area contributed by atoms with Gasteiger partial charge in [-0.05, 0) is 36.4 Å². The zero-order chi connectivity index (χ0) is 21.6. The number of aliphatic hydroxyl groups excluding tert-OH is 4. The molecule has 4 rings (SSSR count). The van der Waals surface area contributed by atoms with Gasteiger partial charge in [-0.25, -0.2) is 0 Å². The van der Waals surface area contributed by atoms with Gasteiger partial charge in [0.25, 0.3) is 0 Å². The molecule has 10 heteroatoms. The average Bonchev–Trinajstić information content (AvgIpc) is 3.06. The highest BCUT2D eigenvalue weighted by atomic mass is 35.5. The van der Waals surface area contributed by atoms with Crippen molar-refractivity contribution in [2.45, 2.75) is 40.4 Å². The van der Waals surface area contributed by atoms with E-state index in [1.54, 1.807) is 47.2 Å². The number of benzene rings is 2. The highest BCUT2D eigenvalue weighted by molar-refractivity contribution is 7.99. The molecule has 0 unspecified atom stereocenters. The zero-order valence-corrected chi connectivity index (χ0v) is 17.7. The standard InChI is InChI=1S/C20H19Cl2NO6S/c21-9-5-12(22)16-13(6-9)23(7-15(16)30-11-3-1-10(25)2-4-11)20-19(28)18(27)17(26)14(8-24)29-20/h1-7,14,17-20,24-28H,8H2/t14-,17-,18+,19-,20-/m1/s1. The average molecular weight is 472 g/mol. The van der Waals surface area contributed by atoms with Gasteiger partial charge in [0, 0.05) is 26.4 Å². The van der Waals surface area contributed by atoms with Gasteiger partial charge >= 0.3 is 0 Å². The number of hydrogen-bond donors (Lipinski definition) is 5. The van der Waals surface area contributed by atoms with E-state index in [0.717, 1.165) is 9.79 Å². The monoisotopic (exact) mass is 471 g/mol. The smallest absolute Gasteiger partial charge is 0.163 e. The van der Waals surface area contributed by atoms with E-state index in [1.807, 2.05) is 0 Å². The zero-order valence-electron chi connectivity index (χ0n) is 15.4. The fourth-order valence-electron chi connectivity index (χ4n) is 3.51. The van der Waals surface area contributed by atoms with Gasteiger partial charge in [-0.1, -0.05) is 35.0 Å². The molecule has 0 radical (unpaired) electrons. The lowest BCUT2D eigenvalue weighted by molar-refractivity contribution is -0.250. The second-order valence-corrected chi connectivity index (χ2v) is 8.96. The largest absolute Gasteiger partial charge is 0.508 e. The van der Waals surface area contributed by atoms with Crippen LogP contribution in [0.25, 0.3) is 10.9 Å². The number of ether oxygens (including phenoxy) is 1. The van der Waals surface area contributed by atoms with Crippen LogP contribution in [0.15, 0.2) is 52.4 Å². The Morgan fingerprint density at radius 3 is 2.37 bits per heavy atom. The quantitative estimate of drug-likeness (QED) is 0.397. The van der Waals surface area contributed by atoms with Crippen molar-refractivity contribution in [3.8, 4) is 5.75 Å². The minimum absolute atomic E-state index is 0.146. The Morgan fingerprint density at radius 1 is 1.00 bits per heavy atom. The van der Waals surface area contributed by atoms with Crippen molar-refractivity contribution < 1.29 is 30.3 Å². The molecule has 1 aromatic heterocycles. The summed E-state index contributed by atoms with van der Waals surface area (Å²) in [5.74, 6) is 0.146. The summed E-state index contributed by atoms with van der Waals surface area (Å²) in [7, 11) is 0. The summed E-state index contributed by atoms with van der Waals surface area (Å²) in [4.78, 5) is 1.57. The van der Waals surface area contributed by atoms with Crippen LogP contribution in [0.1, 0.15) is 6.23 Å². The van der Waals surface area contributed by atoms with Crippen LogP contribution < -0.4 is 0 Å². The molecule has 0 aliphatic carbocycles. The molecule has 0 spiro atoms. The second-order valence-electron chi connectivity index (χ2n) is 7.00. The van der Waals surface area contributed by atoms with Gasteiger partial charge in [0.05, 0.1) is 17.1 Å². The summed E-state index contributed by atoms with van der Waals surface area (Å²) in [6, 6.07) is 9.89. The summed E-state index contributed by atoms with van der Waals surface area (Å²) >= 11 is 14.1. The molecule has 0 bridgehead atoms. The number of aromatic nitrogens is 1. The van der Waals surface area contributed by atoms with E-state index in [-0.39, 0.29) is 5.75 Å². The Hall–Kier alpha value is -1.49. The first-order chi connectivity index (χ1) is 14.3. The van der Waals surface area contributed by atoms with Crippen LogP contribution in [0.3, 0.4) is 0 Å². The number of phenols is 1. The summed E-state index contributed by atoms with van der Waals surface area (Å²) in [5, 5.41) is 51.3. The fraction of sp³-hybridized carbons (Fsp3) is 0.300. The molecule has 0 saturated carbocycles. The number of phenolic OH excluding ortho intramolecular Hbond substituents is 1. The van der Waals surface area contributed by atoms with Crippen molar-refractivity contribution in [1.82, 2.24) is 4.57 Å². The van der Waals surface area contributed by atoms with Crippen LogP contribution >= 0.6 is 35.0 Å². The van der Waals surface area contributed by atoms with E-state index in [4.69, 9.17) is 27.9 Å². The maximum atomic E-state index is 10.6. The van der Waals surface area contributed by atoms with Crippen LogP contribution in [0.2, 0.25) is 10.0 Å². The first-order valence-electron chi connectivity index (χ1n) is 9.07. The maximum absolute atomic E-state index is 10.6. The van der Waals surface area contributed by atoms with E-state index >= 15 is 0 Å². The lowest BCUT2D eigenvalue weighted by atomic mass is 9.98. The molecule has 3 aromatic rings. The molecule has 30 heavy (non-hydrogen) atoms. The Kier molecular flexibility index (Phi) is 6.20. The summed E-state index contributed by atoms with van der Waals surface area (Å²) in [6.45, 7) is -0.530. The van der Waals surface area contributed by atoms with Gasteiger partial charge in [0.2, 0.25) is 0 Å². The van der Waals surface area contributed by atoms with Gasteiger partial charge in [0.1, 0.15) is 30.2 Å². The lowest BCUT2D eigenvalue weighted by Gasteiger charge is -2.40. The van der Waals surface area contributed by atoms with E-state index in [1.165, 1.54) is 11.8 Å². The molecule has 5 atom stereocenters. The molecule has 1 aliphatic heterocycles. The molecule has 1 saturated heterocycles. The van der Waals surface area contributed by atoms with Crippen LogP contribution in [0, 0.1) is 0 Å². The second kappa shape index (κ2) is 8.57. The highest BCUT2D eigenvalue weighted by Gasteiger charge is 2.44. The molecule has 0 amide bonds. The molecule has 2 aromatic carbocycles. The Labute approximate surface area is 186 Å². The van der Waals surface area contributed by atoms with E-state index in [9.17, 15) is 25.5 Å². The Morgan fingerprint density at radius 2 is 1.70 bits per heavy atom. The summed E-state index contributed by atoms with van der Waals surface area (Å²) < 4.78 is 7.29. The number of aromatic hydroxyl groups is 1. The molecule has 1 fully saturated rings. The predicted octanol–water partition coefficient (Wildman–Crippen LogP) is 2.78. The topological polar surface area (TPSA) is 115 Å². The number of hydrogen-bond acceptors (Lipinski definition) is 7. The molecule has 1 aliphatic rings. The Balaban J connectivity index is 1.83. The van der Waals surface area contributed by atoms with E-state index in [2.05, 4.69) is 0 Å². The van der Waals surface area contributed by atoms with Gasteiger partial charge < -0.3 is 34.8 Å². The van der Waals surface area contributed by atoms with Crippen LogP contribution in [-0.4, -0.2) is 61.1 Å². The number of fused-ring (bicyclic) bond motifs is 1. The van der Waals surface area contributed by atoms with Crippen molar-refractivity contribution in [1.29, 1.82) is 0 Å². The van der Waals surface area contributed by atoms with Crippen molar-refractivity contribution in [3.05, 3.63) is 52.6 Å². The molecule has 160 valence electrons. The van der Waals surface area contributed by atoms with Crippen LogP contribution in [0.4, 0.5) is 0 Å². The number of halogens is 2. The lowest BCUT2D eigenvalue weighted by Crippen LogP contribution is -2.56.